The van der Waals surface area contributed by atoms with Crippen molar-refractivity contribution >= 4 is 14.1 Å². The van der Waals surface area contributed by atoms with Crippen LogP contribution in [0.15, 0.2) is 0 Å². The van der Waals surface area contributed by atoms with E-state index < -0.39 is 8.32 Å². The summed E-state index contributed by atoms with van der Waals surface area (Å²) in [7, 11) is -1.59. The molecular formula is C22H34O3Si. The fraction of sp³-hybridized carbons (Fsp3) is 0.955. The lowest BCUT2D eigenvalue weighted by atomic mass is 9.48. The Morgan fingerprint density at radius 2 is 1.85 bits per heavy atom. The lowest BCUT2D eigenvalue weighted by molar-refractivity contribution is -0.259. The van der Waals surface area contributed by atoms with Crippen molar-refractivity contribution in [2.75, 3.05) is 0 Å². The lowest BCUT2D eigenvalue weighted by Gasteiger charge is -2.59. The first kappa shape index (κ1) is 16.7. The molecule has 144 valence electrons. The summed E-state index contributed by atoms with van der Waals surface area (Å²) < 4.78 is 13.3. The Morgan fingerprint density at radius 3 is 2.54 bits per heavy atom. The minimum Gasteiger partial charge on any atom is -0.391 e. The fourth-order valence-corrected chi connectivity index (χ4v) is 10.4. The number of carbonyl (C=O) groups excluding carboxylic acids is 1. The van der Waals surface area contributed by atoms with Gasteiger partial charge in [-0.15, -0.1) is 0 Å². The summed E-state index contributed by atoms with van der Waals surface area (Å²) in [5.41, 5.74) is 0.481. The van der Waals surface area contributed by atoms with Crippen molar-refractivity contribution in [1.82, 2.24) is 0 Å². The standard InChI is InChI=1S/C22H34O3Si/c1-20-10-9-16-14(15(20)7-8-18(20)23)6-5-13-11-21(25-26(2,3)4)12-17-19(24-21)22(13,16)17/h13-17,19H,5-12H2,1-4H3/t13-,14-,15-,16-,17-,19?,20-,21-,22+/m0/s1. The van der Waals surface area contributed by atoms with E-state index in [1.165, 1.54) is 19.3 Å². The van der Waals surface area contributed by atoms with Crippen LogP contribution in [0.4, 0.5) is 0 Å². The van der Waals surface area contributed by atoms with Gasteiger partial charge in [0.25, 0.3) is 0 Å². The molecule has 7 rings (SSSR count). The van der Waals surface area contributed by atoms with Gasteiger partial charge in [-0.25, -0.2) is 0 Å². The topological polar surface area (TPSA) is 35.5 Å². The van der Waals surface area contributed by atoms with Crippen molar-refractivity contribution in [2.45, 2.75) is 89.8 Å². The Hall–Kier alpha value is -0.193. The van der Waals surface area contributed by atoms with Crippen LogP contribution in [0.25, 0.3) is 0 Å². The van der Waals surface area contributed by atoms with E-state index in [0.717, 1.165) is 55.8 Å². The van der Waals surface area contributed by atoms with Crippen molar-refractivity contribution in [2.24, 2.45) is 40.4 Å². The van der Waals surface area contributed by atoms with Crippen LogP contribution in [-0.2, 0) is 14.0 Å². The molecule has 2 heterocycles. The molecule has 9 atom stereocenters. The van der Waals surface area contributed by atoms with E-state index in [-0.39, 0.29) is 11.2 Å². The highest BCUT2D eigenvalue weighted by atomic mass is 28.4. The van der Waals surface area contributed by atoms with E-state index in [9.17, 15) is 4.79 Å². The average molecular weight is 375 g/mol. The second kappa shape index (κ2) is 4.68. The van der Waals surface area contributed by atoms with Gasteiger partial charge in [0.05, 0.1) is 6.10 Å². The molecule has 2 saturated heterocycles. The SMILES string of the molecule is C[C@]12CC[C@H]3[C@@H](CC[C@H]4C[C@]5(O[Si](C)(C)C)C[C@H]6C(O5)[C@@]463)[C@@H]1CCC2=O. The number of hydrogen-bond acceptors (Lipinski definition) is 3. The Kier molecular flexibility index (Phi) is 3.01. The summed E-state index contributed by atoms with van der Waals surface area (Å²) in [5, 5.41) is 0. The van der Waals surface area contributed by atoms with Crippen molar-refractivity contribution < 1.29 is 14.0 Å². The third-order valence-corrected chi connectivity index (χ3v) is 10.6. The molecule has 4 bridgehead atoms. The van der Waals surface area contributed by atoms with Crippen LogP contribution in [0.5, 0.6) is 0 Å². The minimum atomic E-state index is -1.59. The predicted octanol–water partition coefficient (Wildman–Crippen LogP) is 4.76. The molecular weight excluding hydrogens is 340 g/mol. The van der Waals surface area contributed by atoms with E-state index >= 15 is 0 Å². The van der Waals surface area contributed by atoms with Gasteiger partial charge in [-0.2, -0.15) is 0 Å². The van der Waals surface area contributed by atoms with Gasteiger partial charge in [-0.3, -0.25) is 4.79 Å². The van der Waals surface area contributed by atoms with E-state index in [2.05, 4.69) is 26.6 Å². The molecule has 0 amide bonds. The second-order valence-corrected chi connectivity index (χ2v) is 16.2. The number of rotatable bonds is 2. The summed E-state index contributed by atoms with van der Waals surface area (Å²) >= 11 is 0. The van der Waals surface area contributed by atoms with Crippen LogP contribution in [0.1, 0.15) is 58.3 Å². The zero-order chi connectivity index (χ0) is 18.1. The first-order chi connectivity index (χ1) is 12.2. The predicted molar refractivity (Wildman–Crippen MR) is 102 cm³/mol. The van der Waals surface area contributed by atoms with Crippen molar-refractivity contribution in [1.29, 1.82) is 0 Å². The van der Waals surface area contributed by atoms with Gasteiger partial charge in [-0.1, -0.05) is 6.92 Å². The van der Waals surface area contributed by atoms with Crippen LogP contribution < -0.4 is 0 Å². The molecule has 5 saturated carbocycles. The van der Waals surface area contributed by atoms with Gasteiger partial charge in [0, 0.05) is 30.1 Å². The summed E-state index contributed by atoms with van der Waals surface area (Å²) in [5.74, 6) is 4.19. The van der Waals surface area contributed by atoms with E-state index in [4.69, 9.17) is 9.16 Å². The number of hydrogen-bond donors (Lipinski definition) is 0. The van der Waals surface area contributed by atoms with Crippen LogP contribution in [0, 0.1) is 40.4 Å². The zero-order valence-corrected chi connectivity index (χ0v) is 17.8. The highest BCUT2D eigenvalue weighted by molar-refractivity contribution is 6.69. The average Bonchev–Trinajstić information content (AvgIpc) is 2.86. The summed E-state index contributed by atoms with van der Waals surface area (Å²) in [4.78, 5) is 12.6. The van der Waals surface area contributed by atoms with Gasteiger partial charge in [0.15, 0.2) is 14.1 Å². The second-order valence-electron chi connectivity index (χ2n) is 11.7. The fourth-order valence-electron chi connectivity index (χ4n) is 9.05. The van der Waals surface area contributed by atoms with Crippen molar-refractivity contribution in [3.05, 3.63) is 0 Å². The highest BCUT2D eigenvalue weighted by Crippen LogP contribution is 2.82. The maximum atomic E-state index is 12.6. The molecule has 0 aromatic heterocycles. The van der Waals surface area contributed by atoms with Crippen LogP contribution in [-0.4, -0.2) is 26.0 Å². The smallest absolute Gasteiger partial charge is 0.187 e. The molecule has 0 aromatic rings. The monoisotopic (exact) mass is 374 g/mol. The molecule has 0 aromatic carbocycles. The number of carbonyl (C=O) groups is 1. The molecule has 2 aliphatic heterocycles. The van der Waals surface area contributed by atoms with E-state index in [1.807, 2.05) is 0 Å². The van der Waals surface area contributed by atoms with E-state index in [0.29, 0.717) is 23.2 Å². The Morgan fingerprint density at radius 1 is 1.04 bits per heavy atom. The molecule has 4 heteroatoms. The third-order valence-electron chi connectivity index (χ3n) is 9.66. The molecule has 1 spiro atoms. The summed E-state index contributed by atoms with van der Waals surface area (Å²) in [6.45, 7) is 9.19. The van der Waals surface area contributed by atoms with Gasteiger partial charge >= 0.3 is 0 Å². The molecule has 3 nitrogen and oxygen atoms in total. The quantitative estimate of drug-likeness (QED) is 0.654. The van der Waals surface area contributed by atoms with Gasteiger partial charge < -0.3 is 9.16 Å². The Balaban J connectivity index is 1.31. The van der Waals surface area contributed by atoms with Crippen molar-refractivity contribution in [3.63, 3.8) is 0 Å². The largest absolute Gasteiger partial charge is 0.391 e. The maximum Gasteiger partial charge on any atom is 0.187 e. The number of fused-ring (bicyclic) bond motifs is 3. The molecule has 26 heavy (non-hydrogen) atoms. The molecule has 0 N–H and O–H groups in total. The normalized spacial score (nSPS) is 59.6. The minimum absolute atomic E-state index is 0.00880. The molecule has 0 radical (unpaired) electrons. The number of ether oxygens (including phenoxy) is 1. The maximum absolute atomic E-state index is 12.6. The molecule has 5 aliphatic carbocycles. The first-order valence-corrected chi connectivity index (χ1v) is 14.5. The first-order valence-electron chi connectivity index (χ1n) is 11.1. The lowest BCUT2D eigenvalue weighted by Crippen LogP contribution is -2.58. The molecule has 7 fully saturated rings. The Bertz CT molecular complexity index is 669. The third kappa shape index (κ3) is 1.81. The summed E-state index contributed by atoms with van der Waals surface area (Å²) in [6.07, 6.45) is 9.92. The zero-order valence-electron chi connectivity index (χ0n) is 16.8. The molecule has 1 unspecified atom stereocenters. The van der Waals surface area contributed by atoms with Crippen molar-refractivity contribution in [3.8, 4) is 0 Å². The number of ketones is 1. The van der Waals surface area contributed by atoms with Gasteiger partial charge in [-0.05, 0) is 81.3 Å². The number of Topliss-reactive ketones (excluding diaryl/α,β-unsaturated/α-hetero) is 1. The van der Waals surface area contributed by atoms with E-state index in [1.54, 1.807) is 0 Å². The molecule has 7 aliphatic rings. The van der Waals surface area contributed by atoms with Gasteiger partial charge in [0.2, 0.25) is 0 Å². The summed E-state index contributed by atoms with van der Waals surface area (Å²) in [6, 6.07) is 0. The van der Waals surface area contributed by atoms with Crippen LogP contribution >= 0.6 is 0 Å². The Labute approximate surface area is 158 Å². The van der Waals surface area contributed by atoms with Gasteiger partial charge in [0.1, 0.15) is 5.78 Å². The van der Waals surface area contributed by atoms with Crippen LogP contribution in [0.3, 0.4) is 0 Å². The van der Waals surface area contributed by atoms with Crippen LogP contribution in [0.2, 0.25) is 19.6 Å². The highest BCUT2D eigenvalue weighted by Gasteiger charge is 2.84.